The van der Waals surface area contributed by atoms with Crippen molar-refractivity contribution in [2.45, 2.75) is 44.9 Å². The molecule has 3 aliphatic heterocycles. The Morgan fingerprint density at radius 3 is 2.52 bits per heavy atom. The first-order valence-corrected chi connectivity index (χ1v) is 10.4. The lowest BCUT2D eigenvalue weighted by Crippen LogP contribution is -2.54. The van der Waals surface area contributed by atoms with Gasteiger partial charge in [-0.1, -0.05) is 0 Å². The average molecular weight is 495 g/mol. The van der Waals surface area contributed by atoms with Crippen molar-refractivity contribution in [2.24, 2.45) is 4.99 Å². The van der Waals surface area contributed by atoms with Gasteiger partial charge in [0.05, 0.1) is 19.3 Å². The van der Waals surface area contributed by atoms with Crippen LogP contribution in [0.15, 0.2) is 4.99 Å². The monoisotopic (exact) mass is 495 g/mol. The van der Waals surface area contributed by atoms with Crippen molar-refractivity contribution in [1.29, 1.82) is 0 Å². The van der Waals surface area contributed by atoms with E-state index in [4.69, 9.17) is 14.5 Å². The fraction of sp³-hybridized carbons (Fsp3) is 0.947. The highest BCUT2D eigenvalue weighted by Crippen LogP contribution is 2.21. The number of hydrogen-bond donors (Lipinski definition) is 1. The van der Waals surface area contributed by atoms with Gasteiger partial charge in [-0.25, -0.2) is 0 Å². The number of aliphatic imine (C=N–C) groups is 1. The molecule has 3 atom stereocenters. The molecule has 0 bridgehead atoms. The molecule has 0 spiro atoms. The highest BCUT2D eigenvalue weighted by atomic mass is 127. The van der Waals surface area contributed by atoms with Gasteiger partial charge in [-0.2, -0.15) is 0 Å². The lowest BCUT2D eigenvalue weighted by atomic mass is 10.1. The van der Waals surface area contributed by atoms with Crippen molar-refractivity contribution in [3.63, 3.8) is 0 Å². The van der Waals surface area contributed by atoms with Gasteiger partial charge in [0.15, 0.2) is 5.96 Å². The van der Waals surface area contributed by atoms with Gasteiger partial charge in [0.25, 0.3) is 0 Å². The lowest BCUT2D eigenvalue weighted by molar-refractivity contribution is -0.0817. The molecular formula is C19H38IN5O2. The van der Waals surface area contributed by atoms with Crippen LogP contribution in [0.1, 0.15) is 26.7 Å². The molecule has 27 heavy (non-hydrogen) atoms. The Labute approximate surface area is 181 Å². The van der Waals surface area contributed by atoms with Gasteiger partial charge in [-0.3, -0.25) is 9.89 Å². The molecule has 158 valence electrons. The number of hydrogen-bond acceptors (Lipinski definition) is 5. The Kier molecular flexibility index (Phi) is 10.1. The standard InChI is InChI=1S/C19H37N5O2.HI/c1-4-20-19(21-14-16(2)23-9-7-22(3)8-10-23)24-11-13-26-18(15-24)17-6-5-12-25-17;/h16-18H,4-15H2,1-3H3,(H,20,21);1H. The van der Waals surface area contributed by atoms with Gasteiger partial charge < -0.3 is 24.6 Å². The van der Waals surface area contributed by atoms with Crippen molar-refractivity contribution in [3.8, 4) is 0 Å². The Morgan fingerprint density at radius 2 is 1.85 bits per heavy atom. The zero-order chi connectivity index (χ0) is 18.4. The van der Waals surface area contributed by atoms with Crippen LogP contribution in [0.2, 0.25) is 0 Å². The second kappa shape index (κ2) is 11.7. The summed E-state index contributed by atoms with van der Waals surface area (Å²) < 4.78 is 11.8. The van der Waals surface area contributed by atoms with Gasteiger partial charge in [-0.05, 0) is 33.7 Å². The molecule has 0 saturated carbocycles. The lowest BCUT2D eigenvalue weighted by Gasteiger charge is -2.38. The van der Waals surface area contributed by atoms with E-state index in [-0.39, 0.29) is 36.2 Å². The number of nitrogens with one attached hydrogen (secondary N) is 1. The summed E-state index contributed by atoms with van der Waals surface area (Å²) in [5.41, 5.74) is 0. The Hall–Kier alpha value is -0.160. The zero-order valence-corrected chi connectivity index (χ0v) is 19.6. The van der Waals surface area contributed by atoms with Crippen LogP contribution in [0.25, 0.3) is 0 Å². The topological polar surface area (TPSA) is 52.6 Å². The van der Waals surface area contributed by atoms with Gasteiger partial charge in [0.2, 0.25) is 0 Å². The van der Waals surface area contributed by atoms with Crippen molar-refractivity contribution in [1.82, 2.24) is 20.0 Å². The fourth-order valence-corrected chi connectivity index (χ4v) is 4.01. The molecule has 0 aromatic carbocycles. The quantitative estimate of drug-likeness (QED) is 0.350. The minimum absolute atomic E-state index is 0. The summed E-state index contributed by atoms with van der Waals surface area (Å²) in [6, 6.07) is 0.479. The summed E-state index contributed by atoms with van der Waals surface area (Å²) in [4.78, 5) is 12.3. The van der Waals surface area contributed by atoms with E-state index in [2.05, 4.69) is 40.9 Å². The molecule has 7 nitrogen and oxygen atoms in total. The van der Waals surface area contributed by atoms with Crippen molar-refractivity contribution in [3.05, 3.63) is 0 Å². The molecule has 3 saturated heterocycles. The molecule has 0 radical (unpaired) electrons. The predicted octanol–water partition coefficient (Wildman–Crippen LogP) is 1.09. The summed E-state index contributed by atoms with van der Waals surface area (Å²) in [5, 5.41) is 3.48. The van der Waals surface area contributed by atoms with E-state index in [0.717, 1.165) is 84.4 Å². The molecule has 0 aromatic heterocycles. The maximum absolute atomic E-state index is 5.99. The zero-order valence-electron chi connectivity index (χ0n) is 17.2. The number of guanidine groups is 1. The number of halogens is 1. The van der Waals surface area contributed by atoms with E-state index in [1.807, 2.05) is 0 Å². The third kappa shape index (κ3) is 6.69. The van der Waals surface area contributed by atoms with Crippen molar-refractivity contribution in [2.75, 3.05) is 72.6 Å². The largest absolute Gasteiger partial charge is 0.375 e. The summed E-state index contributed by atoms with van der Waals surface area (Å²) in [6.45, 7) is 14.2. The summed E-state index contributed by atoms with van der Waals surface area (Å²) in [6.07, 6.45) is 2.70. The van der Waals surface area contributed by atoms with Crippen molar-refractivity contribution >= 4 is 29.9 Å². The molecule has 0 aliphatic carbocycles. The van der Waals surface area contributed by atoms with E-state index in [1.165, 1.54) is 0 Å². The fourth-order valence-electron chi connectivity index (χ4n) is 4.01. The van der Waals surface area contributed by atoms with Crippen LogP contribution in [0.3, 0.4) is 0 Å². The summed E-state index contributed by atoms with van der Waals surface area (Å²) >= 11 is 0. The molecule has 1 N–H and O–H groups in total. The molecule has 3 fully saturated rings. The Balaban J connectivity index is 0.00000261. The van der Waals surface area contributed by atoms with Crippen LogP contribution < -0.4 is 5.32 Å². The van der Waals surface area contributed by atoms with Crippen molar-refractivity contribution < 1.29 is 9.47 Å². The first kappa shape index (κ1) is 23.1. The van der Waals surface area contributed by atoms with Gasteiger partial charge in [0, 0.05) is 58.5 Å². The van der Waals surface area contributed by atoms with Crippen LogP contribution in [0.4, 0.5) is 0 Å². The number of nitrogens with zero attached hydrogens (tertiary/aromatic N) is 4. The highest BCUT2D eigenvalue weighted by Gasteiger charge is 2.32. The third-order valence-corrected chi connectivity index (χ3v) is 5.77. The van der Waals surface area contributed by atoms with Crippen LogP contribution in [-0.4, -0.2) is 112 Å². The highest BCUT2D eigenvalue weighted by molar-refractivity contribution is 14.0. The first-order chi connectivity index (χ1) is 12.7. The number of piperazine rings is 1. The molecule has 0 amide bonds. The Bertz CT molecular complexity index is 453. The molecule has 3 aliphatic rings. The second-order valence-corrected chi connectivity index (χ2v) is 7.79. The van der Waals surface area contributed by atoms with E-state index in [0.29, 0.717) is 6.04 Å². The van der Waals surface area contributed by atoms with Crippen LogP contribution in [0, 0.1) is 0 Å². The minimum Gasteiger partial charge on any atom is -0.375 e. The minimum atomic E-state index is 0. The van der Waals surface area contributed by atoms with E-state index >= 15 is 0 Å². The predicted molar refractivity (Wildman–Crippen MR) is 120 cm³/mol. The third-order valence-electron chi connectivity index (χ3n) is 5.77. The summed E-state index contributed by atoms with van der Waals surface area (Å²) in [5.74, 6) is 1.03. The SMILES string of the molecule is CCNC(=NCC(C)N1CCN(C)CC1)N1CCOC(C2CCCO2)C1.I. The molecule has 3 heterocycles. The normalized spacial score (nSPS) is 29.4. The smallest absolute Gasteiger partial charge is 0.194 e. The maximum atomic E-state index is 5.99. The Morgan fingerprint density at radius 1 is 1.11 bits per heavy atom. The molecule has 0 aromatic rings. The van der Waals surface area contributed by atoms with Gasteiger partial charge in [0.1, 0.15) is 6.10 Å². The first-order valence-electron chi connectivity index (χ1n) is 10.4. The maximum Gasteiger partial charge on any atom is 0.194 e. The van der Waals surface area contributed by atoms with Crippen LogP contribution in [-0.2, 0) is 9.47 Å². The average Bonchev–Trinajstić information content (AvgIpc) is 3.20. The summed E-state index contributed by atoms with van der Waals surface area (Å²) in [7, 11) is 2.20. The van der Waals surface area contributed by atoms with E-state index in [9.17, 15) is 0 Å². The van der Waals surface area contributed by atoms with Gasteiger partial charge >= 0.3 is 0 Å². The van der Waals surface area contributed by atoms with E-state index < -0.39 is 0 Å². The molecule has 8 heteroatoms. The number of rotatable bonds is 5. The molecule has 3 rings (SSSR count). The van der Waals surface area contributed by atoms with E-state index in [1.54, 1.807) is 0 Å². The second-order valence-electron chi connectivity index (χ2n) is 7.79. The molecular weight excluding hydrogens is 457 g/mol. The van der Waals surface area contributed by atoms with Crippen LogP contribution in [0.5, 0.6) is 0 Å². The molecule has 3 unspecified atom stereocenters. The van der Waals surface area contributed by atoms with Crippen LogP contribution >= 0.6 is 24.0 Å². The number of morpholine rings is 1. The number of ether oxygens (including phenoxy) is 2. The number of likely N-dealkylation sites (N-methyl/N-ethyl adjacent to an activating group) is 1. The van der Waals surface area contributed by atoms with Gasteiger partial charge in [-0.15, -0.1) is 24.0 Å².